The Kier molecular flexibility index (Phi) is 6.21. The molecule has 8 heteroatoms. The van der Waals surface area contributed by atoms with E-state index in [0.717, 1.165) is 5.56 Å². The molecule has 0 bridgehead atoms. The van der Waals surface area contributed by atoms with Crippen LogP contribution in [0.15, 0.2) is 29.5 Å². The van der Waals surface area contributed by atoms with Crippen molar-refractivity contribution in [3.05, 3.63) is 40.6 Å². The van der Waals surface area contributed by atoms with Crippen molar-refractivity contribution in [1.82, 2.24) is 10.6 Å². The molecule has 0 unspecified atom stereocenters. The molecule has 0 spiro atoms. The molecule has 0 saturated heterocycles. The number of carbonyl (C=O) groups excluding carboxylic acids is 3. The van der Waals surface area contributed by atoms with Gasteiger partial charge < -0.3 is 25.2 Å². The average molecular weight is 362 g/mol. The minimum Gasteiger partial charge on any atom is -0.507 e. The molecule has 1 heterocycles. The van der Waals surface area contributed by atoms with Gasteiger partial charge in [-0.2, -0.15) is 0 Å². The van der Waals surface area contributed by atoms with E-state index in [1.54, 1.807) is 19.9 Å². The SMILES string of the molecule is CCOC(=O)C1=C(COC(=O)c2ccc(C)cc2O)NC(=O)N[C@H]1CC. The molecule has 140 valence electrons. The van der Waals surface area contributed by atoms with Crippen LogP contribution in [0.3, 0.4) is 0 Å². The number of aryl methyl sites for hydroxylation is 1. The number of carbonyl (C=O) groups is 3. The topological polar surface area (TPSA) is 114 Å². The maximum Gasteiger partial charge on any atom is 0.342 e. The van der Waals surface area contributed by atoms with Gasteiger partial charge in [-0.3, -0.25) is 0 Å². The Hall–Kier alpha value is -3.03. The Bertz CT molecular complexity index is 756. The van der Waals surface area contributed by atoms with Crippen molar-refractivity contribution in [1.29, 1.82) is 0 Å². The molecule has 2 amide bonds. The summed E-state index contributed by atoms with van der Waals surface area (Å²) in [5.41, 5.74) is 1.18. The van der Waals surface area contributed by atoms with Crippen molar-refractivity contribution in [2.45, 2.75) is 33.2 Å². The molecule has 0 aliphatic carbocycles. The summed E-state index contributed by atoms with van der Waals surface area (Å²) in [5.74, 6) is -1.55. The van der Waals surface area contributed by atoms with Gasteiger partial charge in [0.1, 0.15) is 17.9 Å². The van der Waals surface area contributed by atoms with Crippen LogP contribution in [0.25, 0.3) is 0 Å². The van der Waals surface area contributed by atoms with E-state index in [0.29, 0.717) is 6.42 Å². The highest BCUT2D eigenvalue weighted by Gasteiger charge is 2.32. The van der Waals surface area contributed by atoms with Crippen LogP contribution < -0.4 is 10.6 Å². The third-order valence-corrected chi connectivity index (χ3v) is 3.87. The number of urea groups is 1. The zero-order valence-corrected chi connectivity index (χ0v) is 14.9. The van der Waals surface area contributed by atoms with E-state index in [4.69, 9.17) is 9.47 Å². The largest absolute Gasteiger partial charge is 0.507 e. The van der Waals surface area contributed by atoms with E-state index in [9.17, 15) is 19.5 Å². The van der Waals surface area contributed by atoms with Crippen molar-refractivity contribution in [2.75, 3.05) is 13.2 Å². The molecule has 0 saturated carbocycles. The lowest BCUT2D eigenvalue weighted by Gasteiger charge is -2.28. The summed E-state index contributed by atoms with van der Waals surface area (Å²) >= 11 is 0. The summed E-state index contributed by atoms with van der Waals surface area (Å²) in [7, 11) is 0. The average Bonchev–Trinajstić information content (AvgIpc) is 2.59. The first-order chi connectivity index (χ1) is 12.4. The van der Waals surface area contributed by atoms with E-state index < -0.39 is 24.0 Å². The molecule has 0 fully saturated rings. The number of hydrogen-bond donors (Lipinski definition) is 3. The van der Waals surface area contributed by atoms with E-state index in [-0.39, 0.29) is 35.8 Å². The molecule has 1 atom stereocenters. The van der Waals surface area contributed by atoms with Gasteiger partial charge in [-0.15, -0.1) is 0 Å². The number of esters is 2. The quantitative estimate of drug-likeness (QED) is 0.665. The summed E-state index contributed by atoms with van der Waals surface area (Å²) in [4.78, 5) is 36.2. The fourth-order valence-electron chi connectivity index (χ4n) is 2.61. The Morgan fingerprint density at radius 3 is 2.54 bits per heavy atom. The predicted molar refractivity (Wildman–Crippen MR) is 92.5 cm³/mol. The number of phenols is 1. The molecule has 1 aromatic rings. The van der Waals surface area contributed by atoms with Gasteiger partial charge in [0.25, 0.3) is 0 Å². The summed E-state index contributed by atoms with van der Waals surface area (Å²) in [6, 6.07) is 3.53. The molecular weight excluding hydrogens is 340 g/mol. The van der Waals surface area contributed by atoms with Crippen LogP contribution >= 0.6 is 0 Å². The zero-order valence-electron chi connectivity index (χ0n) is 14.9. The van der Waals surface area contributed by atoms with Crippen molar-refractivity contribution in [2.24, 2.45) is 0 Å². The zero-order chi connectivity index (χ0) is 19.3. The predicted octanol–water partition coefficient (Wildman–Crippen LogP) is 1.77. The maximum atomic E-state index is 12.2. The van der Waals surface area contributed by atoms with Gasteiger partial charge in [-0.25, -0.2) is 14.4 Å². The van der Waals surface area contributed by atoms with Crippen LogP contribution in [-0.4, -0.2) is 42.3 Å². The normalized spacial score (nSPS) is 16.6. The van der Waals surface area contributed by atoms with Crippen molar-refractivity contribution in [3.8, 4) is 5.75 Å². The highest BCUT2D eigenvalue weighted by molar-refractivity contribution is 5.95. The monoisotopic (exact) mass is 362 g/mol. The number of nitrogens with one attached hydrogen (secondary N) is 2. The second-order valence-corrected chi connectivity index (χ2v) is 5.77. The summed E-state index contributed by atoms with van der Waals surface area (Å²) in [6.07, 6.45) is 0.470. The Labute approximate surface area is 151 Å². The van der Waals surface area contributed by atoms with Gasteiger partial charge in [-0.05, 0) is 38.0 Å². The van der Waals surface area contributed by atoms with Crippen molar-refractivity contribution < 1.29 is 29.0 Å². The maximum absolute atomic E-state index is 12.2. The molecule has 1 aliphatic heterocycles. The van der Waals surface area contributed by atoms with Crippen LogP contribution in [-0.2, 0) is 14.3 Å². The molecule has 26 heavy (non-hydrogen) atoms. The molecule has 0 radical (unpaired) electrons. The standard InChI is InChI=1S/C18H22N2O6/c1-4-12-15(17(23)25-5-2)13(20-18(24)19-12)9-26-16(22)11-7-6-10(3)8-14(11)21/h6-8,12,21H,4-5,9H2,1-3H3,(H2,19,20,24)/t12-/m0/s1. The minimum absolute atomic E-state index is 0.00110. The summed E-state index contributed by atoms with van der Waals surface area (Å²) in [6.45, 7) is 5.11. The lowest BCUT2D eigenvalue weighted by molar-refractivity contribution is -0.139. The number of amides is 2. The third kappa shape index (κ3) is 4.33. The number of benzene rings is 1. The first-order valence-electron chi connectivity index (χ1n) is 8.31. The second-order valence-electron chi connectivity index (χ2n) is 5.77. The minimum atomic E-state index is -0.765. The number of ether oxygens (including phenoxy) is 2. The molecule has 8 nitrogen and oxygen atoms in total. The van der Waals surface area contributed by atoms with Crippen LogP contribution in [0, 0.1) is 6.92 Å². The van der Waals surface area contributed by atoms with E-state index in [1.807, 2.05) is 6.92 Å². The second kappa shape index (κ2) is 8.37. The van der Waals surface area contributed by atoms with E-state index in [1.165, 1.54) is 12.1 Å². The van der Waals surface area contributed by atoms with Crippen LogP contribution in [0.1, 0.15) is 36.2 Å². The van der Waals surface area contributed by atoms with Gasteiger partial charge in [0.15, 0.2) is 0 Å². The van der Waals surface area contributed by atoms with Crippen LogP contribution in [0.2, 0.25) is 0 Å². The molecular formula is C18H22N2O6. The van der Waals surface area contributed by atoms with Crippen molar-refractivity contribution >= 4 is 18.0 Å². The van der Waals surface area contributed by atoms with Crippen LogP contribution in [0.5, 0.6) is 5.75 Å². The lowest BCUT2D eigenvalue weighted by Crippen LogP contribution is -2.51. The highest BCUT2D eigenvalue weighted by Crippen LogP contribution is 2.21. The fourth-order valence-corrected chi connectivity index (χ4v) is 2.61. The third-order valence-electron chi connectivity index (χ3n) is 3.87. The Balaban J connectivity index is 2.23. The van der Waals surface area contributed by atoms with Gasteiger partial charge >= 0.3 is 18.0 Å². The van der Waals surface area contributed by atoms with E-state index in [2.05, 4.69) is 10.6 Å². The Morgan fingerprint density at radius 1 is 1.19 bits per heavy atom. The van der Waals surface area contributed by atoms with Gasteiger partial charge in [-0.1, -0.05) is 13.0 Å². The molecule has 3 N–H and O–H groups in total. The van der Waals surface area contributed by atoms with Crippen molar-refractivity contribution in [3.63, 3.8) is 0 Å². The lowest BCUT2D eigenvalue weighted by atomic mass is 10.0. The molecule has 1 aromatic carbocycles. The smallest absolute Gasteiger partial charge is 0.342 e. The van der Waals surface area contributed by atoms with Gasteiger partial charge in [0, 0.05) is 0 Å². The van der Waals surface area contributed by atoms with Gasteiger partial charge in [0.05, 0.1) is 23.9 Å². The van der Waals surface area contributed by atoms with E-state index >= 15 is 0 Å². The summed E-state index contributed by atoms with van der Waals surface area (Å²) < 4.78 is 10.2. The number of rotatable bonds is 6. The first-order valence-corrected chi connectivity index (χ1v) is 8.31. The number of aromatic hydroxyl groups is 1. The molecule has 2 rings (SSSR count). The number of hydrogen-bond acceptors (Lipinski definition) is 6. The molecule has 0 aromatic heterocycles. The highest BCUT2D eigenvalue weighted by atomic mass is 16.5. The fraction of sp³-hybridized carbons (Fsp3) is 0.389. The number of phenolic OH excluding ortho intramolecular Hbond substituents is 1. The summed E-state index contributed by atoms with van der Waals surface area (Å²) in [5, 5.41) is 15.0. The van der Waals surface area contributed by atoms with Crippen LogP contribution in [0.4, 0.5) is 4.79 Å². The first kappa shape index (κ1) is 19.3. The van der Waals surface area contributed by atoms with Gasteiger partial charge in [0.2, 0.25) is 0 Å². The molecule has 1 aliphatic rings. The Morgan fingerprint density at radius 2 is 1.92 bits per heavy atom.